The van der Waals surface area contributed by atoms with Gasteiger partial charge in [0.25, 0.3) is 11.8 Å². The Labute approximate surface area is 181 Å². The first-order valence-corrected chi connectivity index (χ1v) is 10.2. The van der Waals surface area contributed by atoms with Gasteiger partial charge in [0.15, 0.2) is 11.4 Å². The highest BCUT2D eigenvalue weighted by molar-refractivity contribution is 5.99. The molecule has 32 heavy (non-hydrogen) atoms. The first-order chi connectivity index (χ1) is 15.0. The van der Waals surface area contributed by atoms with E-state index in [4.69, 9.17) is 0 Å². The third-order valence-corrected chi connectivity index (χ3v) is 6.07. The quantitative estimate of drug-likeness (QED) is 0.754. The van der Waals surface area contributed by atoms with Crippen LogP contribution in [0, 0.1) is 22.9 Å². The van der Waals surface area contributed by atoms with Gasteiger partial charge in [-0.05, 0) is 18.3 Å². The third kappa shape index (κ3) is 3.74. The van der Waals surface area contributed by atoms with E-state index in [2.05, 4.69) is 5.32 Å². The first kappa shape index (κ1) is 21.9. The number of nitrogens with one attached hydrogen (secondary N) is 1. The zero-order valence-electron chi connectivity index (χ0n) is 17.5. The number of pyridine rings is 1. The van der Waals surface area contributed by atoms with E-state index in [0.717, 1.165) is 6.42 Å². The zero-order valence-corrected chi connectivity index (χ0v) is 17.5. The van der Waals surface area contributed by atoms with Crippen LogP contribution in [0.25, 0.3) is 0 Å². The van der Waals surface area contributed by atoms with Crippen molar-refractivity contribution in [3.8, 4) is 5.75 Å². The van der Waals surface area contributed by atoms with Crippen LogP contribution >= 0.6 is 0 Å². The standard InChI is InChI=1S/C22H22F3N3O4/c1-22(2)4-3-12-8-27(10-22)21(32)17-19(30)18(29)14(9-28(12)17)20(31)26-7-13-15(24)5-11(23)6-16(13)25/h5-6,9,12,30H,3-4,7-8,10H2,1-2H3,(H,26,31). The molecule has 0 aliphatic carbocycles. The van der Waals surface area contributed by atoms with Gasteiger partial charge in [0.05, 0.1) is 6.04 Å². The van der Waals surface area contributed by atoms with Crippen molar-refractivity contribution in [2.24, 2.45) is 5.41 Å². The van der Waals surface area contributed by atoms with E-state index in [9.17, 15) is 32.7 Å². The van der Waals surface area contributed by atoms with Gasteiger partial charge >= 0.3 is 0 Å². The van der Waals surface area contributed by atoms with Crippen molar-refractivity contribution in [2.45, 2.75) is 39.3 Å². The lowest BCUT2D eigenvalue weighted by molar-refractivity contribution is 0.0629. The van der Waals surface area contributed by atoms with Crippen molar-refractivity contribution in [3.05, 3.63) is 62.8 Å². The normalized spacial score (nSPS) is 19.3. The van der Waals surface area contributed by atoms with Gasteiger partial charge in [0.2, 0.25) is 5.43 Å². The highest BCUT2D eigenvalue weighted by atomic mass is 19.1. The number of aromatic nitrogens is 1. The van der Waals surface area contributed by atoms with E-state index in [1.807, 2.05) is 13.8 Å². The van der Waals surface area contributed by atoms with Gasteiger partial charge in [-0.2, -0.15) is 0 Å². The van der Waals surface area contributed by atoms with Gasteiger partial charge in [-0.25, -0.2) is 13.2 Å². The Balaban J connectivity index is 1.67. The predicted molar refractivity (Wildman–Crippen MR) is 108 cm³/mol. The summed E-state index contributed by atoms with van der Waals surface area (Å²) in [4.78, 5) is 39.8. The van der Waals surface area contributed by atoms with Gasteiger partial charge in [-0.3, -0.25) is 14.4 Å². The molecular formula is C22H22F3N3O4. The molecule has 1 atom stereocenters. The monoisotopic (exact) mass is 449 g/mol. The SMILES string of the molecule is CC1(C)CCC2CN(C1)C(=O)c1c(O)c(=O)c(C(=O)NCc3c(F)cc(F)cc3F)cn12. The highest BCUT2D eigenvalue weighted by Gasteiger charge is 2.40. The fourth-order valence-corrected chi connectivity index (χ4v) is 4.38. The van der Waals surface area contributed by atoms with Crippen LogP contribution in [0.3, 0.4) is 0 Å². The fourth-order valence-electron chi connectivity index (χ4n) is 4.38. The van der Waals surface area contributed by atoms with E-state index in [1.165, 1.54) is 10.8 Å². The molecule has 2 N–H and O–H groups in total. The van der Waals surface area contributed by atoms with Crippen LogP contribution in [0.2, 0.25) is 0 Å². The van der Waals surface area contributed by atoms with Crippen molar-refractivity contribution in [2.75, 3.05) is 13.1 Å². The fraction of sp³-hybridized carbons (Fsp3) is 0.409. The number of carbonyl (C=O) groups excluding carboxylic acids is 2. The van der Waals surface area contributed by atoms with Crippen LogP contribution in [0.4, 0.5) is 13.2 Å². The second kappa shape index (κ2) is 7.68. The Bertz CT molecular complexity index is 1170. The third-order valence-electron chi connectivity index (χ3n) is 6.07. The molecule has 7 nitrogen and oxygen atoms in total. The van der Waals surface area contributed by atoms with Gasteiger partial charge in [0.1, 0.15) is 23.0 Å². The molecule has 1 fully saturated rings. The molecule has 2 amide bonds. The summed E-state index contributed by atoms with van der Waals surface area (Å²) in [6, 6.07) is 0.721. The number of amides is 2. The van der Waals surface area contributed by atoms with Crippen molar-refractivity contribution >= 4 is 11.8 Å². The molecule has 0 spiro atoms. The second-order valence-electron chi connectivity index (χ2n) is 9.05. The first-order valence-electron chi connectivity index (χ1n) is 10.2. The molecule has 1 saturated heterocycles. The van der Waals surface area contributed by atoms with Crippen LogP contribution in [-0.4, -0.2) is 39.5 Å². The summed E-state index contributed by atoms with van der Waals surface area (Å²) in [6.07, 6.45) is 2.67. The maximum absolute atomic E-state index is 13.8. The smallest absolute Gasteiger partial charge is 0.274 e. The Hall–Kier alpha value is -3.30. The molecule has 2 bridgehead atoms. The minimum absolute atomic E-state index is 0.146. The Kier molecular flexibility index (Phi) is 5.26. The predicted octanol–water partition coefficient (Wildman–Crippen LogP) is 2.72. The second-order valence-corrected chi connectivity index (χ2v) is 9.05. The van der Waals surface area contributed by atoms with Crippen molar-refractivity contribution in [1.82, 2.24) is 14.8 Å². The lowest BCUT2D eigenvalue weighted by Gasteiger charge is -2.35. The van der Waals surface area contributed by atoms with Crippen molar-refractivity contribution in [3.63, 3.8) is 0 Å². The molecule has 2 aliphatic rings. The highest BCUT2D eigenvalue weighted by Crippen LogP contribution is 2.37. The van der Waals surface area contributed by atoms with E-state index >= 15 is 0 Å². The molecular weight excluding hydrogens is 427 g/mol. The lowest BCUT2D eigenvalue weighted by Crippen LogP contribution is -2.46. The summed E-state index contributed by atoms with van der Waals surface area (Å²) in [5.74, 6) is -5.77. The molecule has 2 aromatic rings. The van der Waals surface area contributed by atoms with Gasteiger partial charge < -0.3 is 19.9 Å². The zero-order chi connectivity index (χ0) is 23.4. The summed E-state index contributed by atoms with van der Waals surface area (Å²) in [6.45, 7) is 4.28. The number of benzene rings is 1. The molecule has 1 aromatic carbocycles. The molecule has 170 valence electrons. The largest absolute Gasteiger partial charge is 0.503 e. The lowest BCUT2D eigenvalue weighted by atomic mass is 9.87. The van der Waals surface area contributed by atoms with Crippen LogP contribution in [0.1, 0.15) is 59.1 Å². The molecule has 3 heterocycles. The number of fused-ring (bicyclic) bond motifs is 4. The summed E-state index contributed by atoms with van der Waals surface area (Å²) in [7, 11) is 0. The average Bonchev–Trinajstić information content (AvgIpc) is 2.84. The number of rotatable bonds is 3. The summed E-state index contributed by atoms with van der Waals surface area (Å²) in [5.41, 5.74) is -2.40. The number of carbonyl (C=O) groups is 2. The maximum atomic E-state index is 13.8. The van der Waals surface area contributed by atoms with E-state index in [0.29, 0.717) is 31.6 Å². The van der Waals surface area contributed by atoms with Crippen LogP contribution in [-0.2, 0) is 6.54 Å². The molecule has 1 aromatic heterocycles. The topological polar surface area (TPSA) is 91.6 Å². The van der Waals surface area contributed by atoms with Gasteiger partial charge in [0, 0.05) is 43.5 Å². The number of hydrogen-bond acceptors (Lipinski definition) is 4. The van der Waals surface area contributed by atoms with Crippen LogP contribution in [0.5, 0.6) is 5.75 Å². The molecule has 0 saturated carbocycles. The number of hydrogen-bond donors (Lipinski definition) is 2. The van der Waals surface area contributed by atoms with Gasteiger partial charge in [-0.1, -0.05) is 13.8 Å². The number of halogens is 3. The van der Waals surface area contributed by atoms with E-state index < -0.39 is 58.1 Å². The molecule has 4 rings (SSSR count). The Morgan fingerprint density at radius 1 is 1.22 bits per heavy atom. The Morgan fingerprint density at radius 2 is 1.88 bits per heavy atom. The summed E-state index contributed by atoms with van der Waals surface area (Å²) < 4.78 is 42.2. The average molecular weight is 449 g/mol. The Morgan fingerprint density at radius 3 is 2.53 bits per heavy atom. The summed E-state index contributed by atoms with van der Waals surface area (Å²) >= 11 is 0. The maximum Gasteiger partial charge on any atom is 0.274 e. The van der Waals surface area contributed by atoms with Crippen molar-refractivity contribution < 1.29 is 27.9 Å². The van der Waals surface area contributed by atoms with Gasteiger partial charge in [-0.15, -0.1) is 0 Å². The van der Waals surface area contributed by atoms with E-state index in [1.54, 1.807) is 4.90 Å². The minimum atomic E-state index is -1.18. The minimum Gasteiger partial charge on any atom is -0.503 e. The van der Waals surface area contributed by atoms with Crippen LogP contribution in [0.15, 0.2) is 23.1 Å². The van der Waals surface area contributed by atoms with E-state index in [-0.39, 0.29) is 17.2 Å². The molecule has 0 radical (unpaired) electrons. The molecule has 10 heteroatoms. The van der Waals surface area contributed by atoms with Crippen molar-refractivity contribution in [1.29, 1.82) is 0 Å². The number of nitrogens with zero attached hydrogens (tertiary/aromatic N) is 2. The molecule has 2 aliphatic heterocycles. The van der Waals surface area contributed by atoms with Crippen LogP contribution < -0.4 is 10.7 Å². The molecule has 1 unspecified atom stereocenters. The number of aromatic hydroxyl groups is 1. The summed E-state index contributed by atoms with van der Waals surface area (Å²) in [5, 5.41) is 12.7.